The fourth-order valence-electron chi connectivity index (χ4n) is 3.39. The molecule has 152 valence electrons. The van der Waals surface area contributed by atoms with E-state index in [4.69, 9.17) is 0 Å². The lowest BCUT2D eigenvalue weighted by Crippen LogP contribution is -2.15. The summed E-state index contributed by atoms with van der Waals surface area (Å²) in [7, 11) is 0. The van der Waals surface area contributed by atoms with Gasteiger partial charge in [-0.15, -0.1) is 10.2 Å². The summed E-state index contributed by atoms with van der Waals surface area (Å²) in [5, 5.41) is 14.6. The molecule has 0 bridgehead atoms. The standard InChI is InChI=1S/C23H21BrN4OS/c1-14-8-10-17-15(2)9-11-21(18(17)12-14)28-16(3)26-27-23(28)30-13-22(29)25-20-7-5-4-6-19(20)24/h4-12H,13H2,1-3H3,(H,25,29). The summed E-state index contributed by atoms with van der Waals surface area (Å²) >= 11 is 4.83. The normalized spacial score (nSPS) is 11.1. The van der Waals surface area contributed by atoms with Crippen molar-refractivity contribution in [3.8, 4) is 5.69 Å². The van der Waals surface area contributed by atoms with Crippen molar-refractivity contribution in [2.75, 3.05) is 11.1 Å². The zero-order chi connectivity index (χ0) is 21.3. The third-order valence-electron chi connectivity index (χ3n) is 4.88. The second-order valence-electron chi connectivity index (χ2n) is 7.13. The molecule has 30 heavy (non-hydrogen) atoms. The van der Waals surface area contributed by atoms with E-state index in [0.717, 1.165) is 27.1 Å². The molecular weight excluding hydrogens is 460 g/mol. The molecule has 0 atom stereocenters. The smallest absolute Gasteiger partial charge is 0.234 e. The Morgan fingerprint density at radius 1 is 1.03 bits per heavy atom. The molecule has 0 saturated heterocycles. The number of aryl methyl sites for hydroxylation is 3. The van der Waals surface area contributed by atoms with Gasteiger partial charge in [0.1, 0.15) is 5.82 Å². The molecule has 0 saturated carbocycles. The Balaban J connectivity index is 1.62. The Labute approximate surface area is 188 Å². The van der Waals surface area contributed by atoms with Crippen molar-refractivity contribution in [3.05, 3.63) is 76.0 Å². The zero-order valence-corrected chi connectivity index (χ0v) is 19.3. The summed E-state index contributed by atoms with van der Waals surface area (Å²) < 4.78 is 2.88. The van der Waals surface area contributed by atoms with Crippen molar-refractivity contribution < 1.29 is 4.79 Å². The van der Waals surface area contributed by atoms with Gasteiger partial charge < -0.3 is 5.32 Å². The van der Waals surface area contributed by atoms with Gasteiger partial charge >= 0.3 is 0 Å². The van der Waals surface area contributed by atoms with Gasteiger partial charge in [0.15, 0.2) is 5.16 Å². The largest absolute Gasteiger partial charge is 0.324 e. The Kier molecular flexibility index (Phi) is 5.92. The minimum Gasteiger partial charge on any atom is -0.324 e. The maximum Gasteiger partial charge on any atom is 0.234 e. The summed E-state index contributed by atoms with van der Waals surface area (Å²) in [6, 6.07) is 18.2. The van der Waals surface area contributed by atoms with Crippen LogP contribution < -0.4 is 5.32 Å². The monoisotopic (exact) mass is 480 g/mol. The molecule has 0 aliphatic heterocycles. The summed E-state index contributed by atoms with van der Waals surface area (Å²) in [4.78, 5) is 12.5. The highest BCUT2D eigenvalue weighted by Gasteiger charge is 2.16. The summed E-state index contributed by atoms with van der Waals surface area (Å²) in [5.41, 5.74) is 4.19. The number of carbonyl (C=O) groups excluding carboxylic acids is 1. The lowest BCUT2D eigenvalue weighted by atomic mass is 10.0. The van der Waals surface area contributed by atoms with Crippen molar-refractivity contribution in [1.82, 2.24) is 14.8 Å². The average molecular weight is 481 g/mol. The molecule has 1 heterocycles. The molecule has 0 spiro atoms. The number of carbonyl (C=O) groups is 1. The van der Waals surface area contributed by atoms with Crippen LogP contribution in [0.3, 0.4) is 0 Å². The number of para-hydroxylation sites is 1. The molecule has 0 radical (unpaired) electrons. The third kappa shape index (κ3) is 4.13. The number of rotatable bonds is 5. The number of amides is 1. The van der Waals surface area contributed by atoms with Crippen LogP contribution in [0.1, 0.15) is 17.0 Å². The van der Waals surface area contributed by atoms with Gasteiger partial charge in [-0.1, -0.05) is 47.7 Å². The molecule has 4 aromatic rings. The first-order valence-corrected chi connectivity index (χ1v) is 11.3. The van der Waals surface area contributed by atoms with Crippen molar-refractivity contribution in [1.29, 1.82) is 0 Å². The Bertz CT molecular complexity index is 1250. The van der Waals surface area contributed by atoms with Crippen molar-refractivity contribution in [2.24, 2.45) is 0 Å². The van der Waals surface area contributed by atoms with E-state index in [2.05, 4.69) is 75.6 Å². The van der Waals surface area contributed by atoms with E-state index < -0.39 is 0 Å². The molecule has 0 fully saturated rings. The quantitative estimate of drug-likeness (QED) is 0.364. The number of anilines is 1. The summed E-state index contributed by atoms with van der Waals surface area (Å²) in [6.07, 6.45) is 0. The van der Waals surface area contributed by atoms with Crippen molar-refractivity contribution in [3.63, 3.8) is 0 Å². The second kappa shape index (κ2) is 8.62. The number of aromatic nitrogens is 3. The molecule has 1 aromatic heterocycles. The van der Waals surface area contributed by atoms with Gasteiger partial charge in [-0.25, -0.2) is 0 Å². The van der Waals surface area contributed by atoms with Crippen LogP contribution in [0.15, 0.2) is 64.2 Å². The third-order valence-corrected chi connectivity index (χ3v) is 6.50. The first-order chi connectivity index (χ1) is 14.4. The zero-order valence-electron chi connectivity index (χ0n) is 16.9. The molecular formula is C23H21BrN4OS. The molecule has 0 aliphatic rings. The van der Waals surface area contributed by atoms with E-state index in [1.165, 1.54) is 28.3 Å². The Hall–Kier alpha value is -2.64. The number of halogens is 1. The fourth-order valence-corrected chi connectivity index (χ4v) is 4.56. The number of benzene rings is 3. The predicted molar refractivity (Wildman–Crippen MR) is 127 cm³/mol. The van der Waals surface area contributed by atoms with Gasteiger partial charge in [-0.05, 0) is 71.9 Å². The number of fused-ring (bicyclic) bond motifs is 1. The van der Waals surface area contributed by atoms with Crippen LogP contribution >= 0.6 is 27.7 Å². The highest BCUT2D eigenvalue weighted by atomic mass is 79.9. The highest BCUT2D eigenvalue weighted by molar-refractivity contribution is 9.10. The van der Waals surface area contributed by atoms with Crippen LogP contribution in [0.25, 0.3) is 16.5 Å². The minimum absolute atomic E-state index is 0.0938. The van der Waals surface area contributed by atoms with Crippen LogP contribution in [0.5, 0.6) is 0 Å². The highest BCUT2D eigenvalue weighted by Crippen LogP contribution is 2.30. The molecule has 1 N–H and O–H groups in total. The van der Waals surface area contributed by atoms with Crippen molar-refractivity contribution >= 4 is 50.1 Å². The maximum atomic E-state index is 12.5. The van der Waals surface area contributed by atoms with Crippen LogP contribution in [-0.2, 0) is 4.79 Å². The lowest BCUT2D eigenvalue weighted by Gasteiger charge is -2.14. The van der Waals surface area contributed by atoms with Gasteiger partial charge in [0, 0.05) is 9.86 Å². The first kappa shape index (κ1) is 20.6. The van der Waals surface area contributed by atoms with E-state index in [1.54, 1.807) is 0 Å². The molecule has 0 aliphatic carbocycles. The Morgan fingerprint density at radius 3 is 2.63 bits per heavy atom. The second-order valence-corrected chi connectivity index (χ2v) is 8.93. The van der Waals surface area contributed by atoms with Crippen molar-refractivity contribution in [2.45, 2.75) is 25.9 Å². The predicted octanol–water partition coefficient (Wildman–Crippen LogP) is 5.84. The van der Waals surface area contributed by atoms with Gasteiger partial charge in [-0.2, -0.15) is 0 Å². The van der Waals surface area contributed by atoms with E-state index >= 15 is 0 Å². The lowest BCUT2D eigenvalue weighted by molar-refractivity contribution is -0.113. The first-order valence-electron chi connectivity index (χ1n) is 9.53. The number of thioether (sulfide) groups is 1. The van der Waals surface area contributed by atoms with Gasteiger partial charge in [0.25, 0.3) is 0 Å². The van der Waals surface area contributed by atoms with Gasteiger partial charge in [-0.3, -0.25) is 9.36 Å². The number of nitrogens with zero attached hydrogens (tertiary/aromatic N) is 3. The summed E-state index contributed by atoms with van der Waals surface area (Å²) in [6.45, 7) is 6.13. The van der Waals surface area contributed by atoms with Crippen LogP contribution in [0, 0.1) is 20.8 Å². The van der Waals surface area contributed by atoms with E-state index in [0.29, 0.717) is 5.16 Å². The topological polar surface area (TPSA) is 59.8 Å². The van der Waals surface area contributed by atoms with Crippen LogP contribution in [0.2, 0.25) is 0 Å². The van der Waals surface area contributed by atoms with Gasteiger partial charge in [0.05, 0.1) is 17.1 Å². The SMILES string of the molecule is Cc1ccc2c(C)ccc(-n3c(C)nnc3SCC(=O)Nc3ccccc3Br)c2c1. The van der Waals surface area contributed by atoms with E-state index in [-0.39, 0.29) is 11.7 Å². The summed E-state index contributed by atoms with van der Waals surface area (Å²) in [5.74, 6) is 0.932. The molecule has 7 heteroatoms. The number of hydrogen-bond acceptors (Lipinski definition) is 4. The number of nitrogens with one attached hydrogen (secondary N) is 1. The van der Waals surface area contributed by atoms with Crippen LogP contribution in [0.4, 0.5) is 5.69 Å². The van der Waals surface area contributed by atoms with Crippen LogP contribution in [-0.4, -0.2) is 26.4 Å². The van der Waals surface area contributed by atoms with Gasteiger partial charge in [0.2, 0.25) is 5.91 Å². The molecule has 1 amide bonds. The Morgan fingerprint density at radius 2 is 1.83 bits per heavy atom. The minimum atomic E-state index is -0.0938. The molecule has 3 aromatic carbocycles. The fraction of sp³-hybridized carbons (Fsp3) is 0.174. The molecule has 5 nitrogen and oxygen atoms in total. The molecule has 0 unspecified atom stereocenters. The number of hydrogen-bond donors (Lipinski definition) is 1. The maximum absolute atomic E-state index is 12.5. The average Bonchev–Trinajstić information content (AvgIpc) is 3.09. The molecule has 4 rings (SSSR count). The van der Waals surface area contributed by atoms with E-state index in [9.17, 15) is 4.79 Å². The van der Waals surface area contributed by atoms with E-state index in [1.807, 2.05) is 35.8 Å².